The summed E-state index contributed by atoms with van der Waals surface area (Å²) in [5.74, 6) is -0.864. The second-order valence-corrected chi connectivity index (χ2v) is 6.10. The third kappa shape index (κ3) is 3.93. The van der Waals surface area contributed by atoms with Gasteiger partial charge in [-0.1, -0.05) is 13.0 Å². The molecule has 0 aliphatic heterocycles. The summed E-state index contributed by atoms with van der Waals surface area (Å²) in [4.78, 5) is 10.9. The minimum atomic E-state index is -3.89. The van der Waals surface area contributed by atoms with Crippen LogP contribution in [0.3, 0.4) is 0 Å². The van der Waals surface area contributed by atoms with Crippen LogP contribution >= 0.6 is 0 Å². The Morgan fingerprint density at radius 2 is 1.95 bits per heavy atom. The maximum absolute atomic E-state index is 11.5. The maximum Gasteiger partial charge on any atom is 0.241 e. The SMILES string of the molecule is Cc1cc(C)c(OCC(C)C(N)=O)c(S(N)(=O)=O)c1. The van der Waals surface area contributed by atoms with Crippen LogP contribution < -0.4 is 15.6 Å². The molecule has 7 heteroatoms. The highest BCUT2D eigenvalue weighted by Gasteiger charge is 2.19. The Kier molecular flexibility index (Phi) is 4.54. The van der Waals surface area contributed by atoms with Crippen molar-refractivity contribution < 1.29 is 17.9 Å². The molecule has 6 nitrogen and oxygen atoms in total. The Bertz CT molecular complexity index is 596. The predicted octanol–water partition coefficient (Wildman–Crippen LogP) is 0.451. The Labute approximate surface area is 112 Å². The first-order valence-corrected chi connectivity index (χ1v) is 7.23. The number of rotatable bonds is 5. The lowest BCUT2D eigenvalue weighted by Gasteiger charge is -2.15. The Morgan fingerprint density at radius 1 is 1.37 bits per heavy atom. The highest BCUT2D eigenvalue weighted by Crippen LogP contribution is 2.28. The van der Waals surface area contributed by atoms with Gasteiger partial charge in [0.2, 0.25) is 15.9 Å². The number of aryl methyl sites for hydroxylation is 2. The fraction of sp³-hybridized carbons (Fsp3) is 0.417. The molecule has 1 amide bonds. The van der Waals surface area contributed by atoms with E-state index in [2.05, 4.69) is 0 Å². The Hall–Kier alpha value is -1.60. The lowest BCUT2D eigenvalue weighted by Crippen LogP contribution is -2.26. The summed E-state index contributed by atoms with van der Waals surface area (Å²) in [5.41, 5.74) is 6.52. The van der Waals surface area contributed by atoms with Crippen molar-refractivity contribution in [3.8, 4) is 5.75 Å². The van der Waals surface area contributed by atoms with E-state index in [1.807, 2.05) is 0 Å². The van der Waals surface area contributed by atoms with Crippen molar-refractivity contribution in [1.82, 2.24) is 0 Å². The van der Waals surface area contributed by atoms with Gasteiger partial charge in [0.05, 0.1) is 12.5 Å². The van der Waals surface area contributed by atoms with Crippen molar-refractivity contribution >= 4 is 15.9 Å². The highest BCUT2D eigenvalue weighted by molar-refractivity contribution is 7.89. The lowest BCUT2D eigenvalue weighted by molar-refractivity contribution is -0.122. The zero-order valence-electron chi connectivity index (χ0n) is 11.1. The first-order chi connectivity index (χ1) is 8.62. The molecule has 0 aliphatic carbocycles. The molecule has 1 rings (SSSR count). The number of primary sulfonamides is 1. The minimum absolute atomic E-state index is 0.00174. The average molecular weight is 286 g/mol. The third-order valence-electron chi connectivity index (χ3n) is 2.65. The number of carbonyl (C=O) groups is 1. The first-order valence-electron chi connectivity index (χ1n) is 5.69. The van der Waals surface area contributed by atoms with E-state index in [-0.39, 0.29) is 17.3 Å². The molecule has 0 saturated carbocycles. The summed E-state index contributed by atoms with van der Waals surface area (Å²) in [7, 11) is -3.89. The number of nitrogens with two attached hydrogens (primary N) is 2. The quantitative estimate of drug-likeness (QED) is 0.818. The van der Waals surface area contributed by atoms with Gasteiger partial charge in [-0.3, -0.25) is 4.79 Å². The van der Waals surface area contributed by atoms with Gasteiger partial charge in [-0.2, -0.15) is 0 Å². The molecule has 0 aromatic heterocycles. The van der Waals surface area contributed by atoms with Crippen LogP contribution in [-0.2, 0) is 14.8 Å². The zero-order valence-corrected chi connectivity index (χ0v) is 12.0. The molecule has 1 atom stereocenters. The van der Waals surface area contributed by atoms with E-state index in [0.29, 0.717) is 5.56 Å². The van der Waals surface area contributed by atoms with Gasteiger partial charge in [-0.25, -0.2) is 13.6 Å². The molecule has 19 heavy (non-hydrogen) atoms. The van der Waals surface area contributed by atoms with E-state index in [1.54, 1.807) is 26.8 Å². The standard InChI is InChI=1S/C12H18N2O4S/c1-7-4-8(2)11(10(5-7)19(14,16)17)18-6-9(3)12(13)15/h4-5,9H,6H2,1-3H3,(H2,13,15)(H2,14,16,17). The number of hydrogen-bond donors (Lipinski definition) is 2. The fourth-order valence-electron chi connectivity index (χ4n) is 1.60. The number of amides is 1. The summed E-state index contributed by atoms with van der Waals surface area (Å²) in [6.07, 6.45) is 0. The molecule has 0 bridgehead atoms. The summed E-state index contributed by atoms with van der Waals surface area (Å²) in [6.45, 7) is 5.08. The smallest absolute Gasteiger partial charge is 0.241 e. The number of hydrogen-bond acceptors (Lipinski definition) is 4. The molecule has 0 fully saturated rings. The molecule has 1 aromatic rings. The van der Waals surface area contributed by atoms with Gasteiger partial charge >= 0.3 is 0 Å². The molecule has 0 spiro atoms. The van der Waals surface area contributed by atoms with Crippen LogP contribution in [0.2, 0.25) is 0 Å². The second-order valence-electron chi connectivity index (χ2n) is 4.57. The third-order valence-corrected chi connectivity index (χ3v) is 3.57. The van der Waals surface area contributed by atoms with Gasteiger partial charge in [0.25, 0.3) is 0 Å². The number of primary amides is 1. The van der Waals surface area contributed by atoms with Gasteiger partial charge in [0.15, 0.2) is 0 Å². The van der Waals surface area contributed by atoms with Crippen LogP contribution in [-0.4, -0.2) is 20.9 Å². The van der Waals surface area contributed by atoms with Crippen molar-refractivity contribution in [2.45, 2.75) is 25.7 Å². The molecular weight excluding hydrogens is 268 g/mol. The van der Waals surface area contributed by atoms with Crippen LogP contribution in [0.5, 0.6) is 5.75 Å². The highest BCUT2D eigenvalue weighted by atomic mass is 32.2. The molecule has 106 valence electrons. The average Bonchev–Trinajstić information content (AvgIpc) is 2.25. The van der Waals surface area contributed by atoms with E-state index < -0.39 is 21.8 Å². The van der Waals surface area contributed by atoms with E-state index >= 15 is 0 Å². The van der Waals surface area contributed by atoms with Crippen molar-refractivity contribution in [1.29, 1.82) is 0 Å². The van der Waals surface area contributed by atoms with Crippen LogP contribution in [0.1, 0.15) is 18.1 Å². The van der Waals surface area contributed by atoms with Crippen molar-refractivity contribution in [2.75, 3.05) is 6.61 Å². The van der Waals surface area contributed by atoms with E-state index in [0.717, 1.165) is 5.56 Å². The normalized spacial score (nSPS) is 13.1. The molecular formula is C12H18N2O4S. The summed E-state index contributed by atoms with van der Waals surface area (Å²) >= 11 is 0. The first kappa shape index (κ1) is 15.5. The van der Waals surface area contributed by atoms with Gasteiger partial charge in [0.1, 0.15) is 10.6 Å². The number of benzene rings is 1. The topological polar surface area (TPSA) is 112 Å². The zero-order chi connectivity index (χ0) is 14.8. The van der Waals surface area contributed by atoms with E-state index in [4.69, 9.17) is 15.6 Å². The summed E-state index contributed by atoms with van der Waals surface area (Å²) in [5, 5.41) is 5.16. The molecule has 1 aromatic carbocycles. The second kappa shape index (κ2) is 5.58. The van der Waals surface area contributed by atoms with Gasteiger partial charge in [0, 0.05) is 0 Å². The predicted molar refractivity (Wildman–Crippen MR) is 71.1 cm³/mol. The summed E-state index contributed by atoms with van der Waals surface area (Å²) < 4.78 is 28.5. The monoisotopic (exact) mass is 286 g/mol. The van der Waals surface area contributed by atoms with Crippen molar-refractivity contribution in [3.05, 3.63) is 23.3 Å². The van der Waals surface area contributed by atoms with Gasteiger partial charge in [-0.05, 0) is 31.0 Å². The van der Waals surface area contributed by atoms with Gasteiger partial charge in [-0.15, -0.1) is 0 Å². The molecule has 1 unspecified atom stereocenters. The number of ether oxygens (including phenoxy) is 1. The molecule has 4 N–H and O–H groups in total. The van der Waals surface area contributed by atoms with Crippen LogP contribution in [0.15, 0.2) is 17.0 Å². The van der Waals surface area contributed by atoms with E-state index in [9.17, 15) is 13.2 Å². The molecule has 0 heterocycles. The molecule has 0 aliphatic rings. The van der Waals surface area contributed by atoms with Crippen LogP contribution in [0.25, 0.3) is 0 Å². The van der Waals surface area contributed by atoms with Gasteiger partial charge < -0.3 is 10.5 Å². The van der Waals surface area contributed by atoms with Crippen molar-refractivity contribution in [3.63, 3.8) is 0 Å². The van der Waals surface area contributed by atoms with Crippen LogP contribution in [0.4, 0.5) is 0 Å². The maximum atomic E-state index is 11.5. The largest absolute Gasteiger partial charge is 0.491 e. The Morgan fingerprint density at radius 3 is 2.42 bits per heavy atom. The number of carbonyl (C=O) groups excluding carboxylic acids is 1. The Balaban J connectivity index is 3.16. The summed E-state index contributed by atoms with van der Waals surface area (Å²) in [6, 6.07) is 3.21. The van der Waals surface area contributed by atoms with E-state index in [1.165, 1.54) is 6.07 Å². The molecule has 0 saturated heterocycles. The number of sulfonamides is 1. The molecule has 0 radical (unpaired) electrons. The van der Waals surface area contributed by atoms with Crippen LogP contribution in [0, 0.1) is 19.8 Å². The minimum Gasteiger partial charge on any atom is -0.491 e. The fourth-order valence-corrected chi connectivity index (χ4v) is 2.43. The van der Waals surface area contributed by atoms with Crippen molar-refractivity contribution in [2.24, 2.45) is 16.8 Å². The lowest BCUT2D eigenvalue weighted by atomic mass is 10.1.